The van der Waals surface area contributed by atoms with E-state index < -0.39 is 17.4 Å². The van der Waals surface area contributed by atoms with Crippen molar-refractivity contribution in [1.82, 2.24) is 30.4 Å². The minimum absolute atomic E-state index is 0.261. The van der Waals surface area contributed by atoms with E-state index in [0.717, 1.165) is 5.56 Å². The van der Waals surface area contributed by atoms with E-state index in [9.17, 15) is 9.18 Å². The van der Waals surface area contributed by atoms with Crippen LogP contribution in [0, 0.1) is 5.82 Å². The van der Waals surface area contributed by atoms with E-state index in [2.05, 4.69) is 31.0 Å². The van der Waals surface area contributed by atoms with Crippen molar-refractivity contribution in [3.8, 4) is 11.3 Å². The van der Waals surface area contributed by atoms with Gasteiger partial charge in [-0.25, -0.2) is 9.49 Å². The zero-order valence-corrected chi connectivity index (χ0v) is 14.9. The summed E-state index contributed by atoms with van der Waals surface area (Å²) in [6.45, 7) is 0. The predicted octanol–water partition coefficient (Wildman–Crippen LogP) is 2.91. The van der Waals surface area contributed by atoms with Crippen molar-refractivity contribution in [1.29, 1.82) is 0 Å². The molecule has 0 amide bonds. The number of nitrogens with zero attached hydrogens (tertiary/aromatic N) is 5. The molecule has 1 atom stereocenters. The van der Waals surface area contributed by atoms with Gasteiger partial charge in [0.05, 0.1) is 5.69 Å². The topological polar surface area (TPSA) is 101 Å². The molecule has 10 heteroatoms. The van der Waals surface area contributed by atoms with Gasteiger partial charge in [-0.1, -0.05) is 41.0 Å². The van der Waals surface area contributed by atoms with Gasteiger partial charge in [-0.05, 0) is 40.3 Å². The first kappa shape index (κ1) is 16.6. The zero-order chi connectivity index (χ0) is 19.3. The number of aromatic amines is 1. The van der Waals surface area contributed by atoms with E-state index in [4.69, 9.17) is 11.6 Å². The minimum atomic E-state index is -0.641. The Bertz CT molecular complexity index is 1250. The number of benzene rings is 2. The molecular weight excluding hydrogens is 385 g/mol. The highest BCUT2D eigenvalue weighted by atomic mass is 35.5. The van der Waals surface area contributed by atoms with Crippen molar-refractivity contribution >= 4 is 23.2 Å². The monoisotopic (exact) mass is 395 g/mol. The third kappa shape index (κ3) is 2.55. The van der Waals surface area contributed by atoms with Crippen LogP contribution in [0.5, 0.6) is 0 Å². The van der Waals surface area contributed by atoms with E-state index in [-0.39, 0.29) is 11.6 Å². The molecule has 2 aromatic carbocycles. The summed E-state index contributed by atoms with van der Waals surface area (Å²) >= 11 is 6.00. The zero-order valence-electron chi connectivity index (χ0n) is 14.1. The number of H-pyrrole nitrogens is 1. The molecule has 1 aliphatic heterocycles. The van der Waals surface area contributed by atoms with Crippen molar-refractivity contribution < 1.29 is 4.39 Å². The second-order valence-electron chi connectivity index (χ2n) is 6.23. The summed E-state index contributed by atoms with van der Waals surface area (Å²) in [6, 6.07) is 12.5. The molecule has 2 aromatic heterocycles. The summed E-state index contributed by atoms with van der Waals surface area (Å²) in [4.78, 5) is 12.5. The summed E-state index contributed by atoms with van der Waals surface area (Å²) < 4.78 is 15.5. The number of fused-ring (bicyclic) bond motifs is 2. The maximum Gasteiger partial charge on any atom is 0.288 e. The molecular formula is C18H11ClFN7O. The first-order chi connectivity index (χ1) is 13.6. The summed E-state index contributed by atoms with van der Waals surface area (Å²) in [5.41, 5.74) is 2.20. The van der Waals surface area contributed by atoms with E-state index >= 15 is 0 Å². The van der Waals surface area contributed by atoms with Crippen LogP contribution in [0.4, 0.5) is 16.0 Å². The fourth-order valence-corrected chi connectivity index (χ4v) is 3.48. The van der Waals surface area contributed by atoms with Gasteiger partial charge in [-0.15, -0.1) is 0 Å². The molecule has 138 valence electrons. The highest BCUT2D eigenvalue weighted by Gasteiger charge is 2.34. The lowest BCUT2D eigenvalue weighted by Gasteiger charge is -2.27. The van der Waals surface area contributed by atoms with E-state index in [1.54, 1.807) is 36.4 Å². The van der Waals surface area contributed by atoms with Crippen LogP contribution in [0.1, 0.15) is 17.2 Å². The number of nitrogens with one attached hydrogen (secondary N) is 2. The van der Waals surface area contributed by atoms with Crippen LogP contribution in [-0.4, -0.2) is 30.4 Å². The average Bonchev–Trinajstić information content (AvgIpc) is 3.16. The molecule has 0 saturated carbocycles. The van der Waals surface area contributed by atoms with Crippen molar-refractivity contribution in [2.24, 2.45) is 0 Å². The third-order valence-corrected chi connectivity index (χ3v) is 4.80. The van der Waals surface area contributed by atoms with Crippen molar-refractivity contribution in [3.63, 3.8) is 0 Å². The minimum Gasteiger partial charge on any atom is -0.318 e. The Kier molecular flexibility index (Phi) is 3.69. The lowest BCUT2D eigenvalue weighted by atomic mass is 9.92. The Balaban J connectivity index is 1.82. The lowest BCUT2D eigenvalue weighted by molar-refractivity contribution is 0.560. The standard InChI is InChI=1S/C18H11ClFN7O/c19-11-6-4-9(5-7-11)14-13-15(17(28)23-22-14)21-18-24-25-26-27(18)16(13)10-2-1-3-12(20)8-10/h1-8,16H,(H,23,28)(H,21,24,26)/t16-/m0/s1. The van der Waals surface area contributed by atoms with Gasteiger partial charge in [0, 0.05) is 16.1 Å². The van der Waals surface area contributed by atoms with Crippen LogP contribution >= 0.6 is 11.6 Å². The highest BCUT2D eigenvalue weighted by molar-refractivity contribution is 6.30. The summed E-state index contributed by atoms with van der Waals surface area (Å²) in [6.07, 6.45) is 0. The SMILES string of the molecule is O=c1[nH]nc(-c2ccc(Cl)cc2)c2c1Nc1nnnn1[C@H]2c1cccc(F)c1. The van der Waals surface area contributed by atoms with Crippen LogP contribution in [0.25, 0.3) is 11.3 Å². The maximum absolute atomic E-state index is 14.0. The van der Waals surface area contributed by atoms with Gasteiger partial charge < -0.3 is 5.32 Å². The van der Waals surface area contributed by atoms with Crippen LogP contribution < -0.4 is 10.9 Å². The number of rotatable bonds is 2. The molecule has 3 heterocycles. The number of tetrazole rings is 1. The maximum atomic E-state index is 14.0. The predicted molar refractivity (Wildman–Crippen MR) is 100 cm³/mol. The fourth-order valence-electron chi connectivity index (χ4n) is 3.35. The van der Waals surface area contributed by atoms with Gasteiger partial charge in [0.15, 0.2) is 0 Å². The molecule has 2 N–H and O–H groups in total. The van der Waals surface area contributed by atoms with Gasteiger partial charge >= 0.3 is 0 Å². The second kappa shape index (κ2) is 6.24. The molecule has 0 spiro atoms. The van der Waals surface area contributed by atoms with Crippen LogP contribution in [0.3, 0.4) is 0 Å². The number of hydrogen-bond acceptors (Lipinski definition) is 6. The average molecular weight is 396 g/mol. The van der Waals surface area contributed by atoms with Gasteiger partial charge in [-0.3, -0.25) is 4.79 Å². The number of anilines is 2. The Hall–Kier alpha value is -3.59. The Morgan fingerprint density at radius 2 is 1.96 bits per heavy atom. The van der Waals surface area contributed by atoms with Crippen molar-refractivity contribution in [3.05, 3.63) is 80.9 Å². The molecule has 0 bridgehead atoms. The smallest absolute Gasteiger partial charge is 0.288 e. The molecule has 1 aliphatic rings. The van der Waals surface area contributed by atoms with Gasteiger partial charge in [0.25, 0.3) is 5.56 Å². The van der Waals surface area contributed by atoms with Crippen LogP contribution in [-0.2, 0) is 0 Å². The van der Waals surface area contributed by atoms with Crippen LogP contribution in [0.15, 0.2) is 53.3 Å². The first-order valence-electron chi connectivity index (χ1n) is 8.30. The fraction of sp³-hybridized carbons (Fsp3) is 0.0556. The lowest BCUT2D eigenvalue weighted by Crippen LogP contribution is -2.29. The third-order valence-electron chi connectivity index (χ3n) is 4.55. The van der Waals surface area contributed by atoms with E-state index in [0.29, 0.717) is 21.8 Å². The molecule has 4 aromatic rings. The first-order valence-corrected chi connectivity index (χ1v) is 8.68. The molecule has 0 unspecified atom stereocenters. The Labute approximate surface area is 162 Å². The van der Waals surface area contributed by atoms with Crippen molar-refractivity contribution in [2.75, 3.05) is 5.32 Å². The molecule has 0 radical (unpaired) electrons. The number of hydrogen-bond donors (Lipinski definition) is 2. The van der Waals surface area contributed by atoms with E-state index in [1.165, 1.54) is 16.8 Å². The second-order valence-corrected chi connectivity index (χ2v) is 6.66. The van der Waals surface area contributed by atoms with E-state index in [1.807, 2.05) is 0 Å². The molecule has 8 nitrogen and oxygen atoms in total. The van der Waals surface area contributed by atoms with Crippen LogP contribution in [0.2, 0.25) is 5.02 Å². The molecule has 28 heavy (non-hydrogen) atoms. The Morgan fingerprint density at radius 3 is 2.75 bits per heavy atom. The molecule has 0 aliphatic carbocycles. The number of halogens is 2. The highest BCUT2D eigenvalue weighted by Crippen LogP contribution is 2.41. The largest absolute Gasteiger partial charge is 0.318 e. The molecule has 0 saturated heterocycles. The summed E-state index contributed by atoms with van der Waals surface area (Å²) in [5.74, 6) is -0.126. The van der Waals surface area contributed by atoms with Crippen molar-refractivity contribution in [2.45, 2.75) is 6.04 Å². The Morgan fingerprint density at radius 1 is 1.14 bits per heavy atom. The normalized spacial score (nSPS) is 14.9. The summed E-state index contributed by atoms with van der Waals surface area (Å²) in [7, 11) is 0. The number of aromatic nitrogens is 6. The van der Waals surface area contributed by atoms with Gasteiger partial charge in [-0.2, -0.15) is 9.78 Å². The van der Waals surface area contributed by atoms with Gasteiger partial charge in [0.2, 0.25) is 5.95 Å². The molecule has 5 rings (SSSR count). The van der Waals surface area contributed by atoms with Gasteiger partial charge in [0.1, 0.15) is 17.5 Å². The quantitative estimate of drug-likeness (QED) is 0.476. The molecule has 0 fully saturated rings. The summed E-state index contributed by atoms with van der Waals surface area (Å²) in [5, 5.41) is 21.9.